The lowest BCUT2D eigenvalue weighted by atomic mass is 10.2. The molecule has 0 bridgehead atoms. The van der Waals surface area contributed by atoms with Crippen LogP contribution in [0.4, 0.5) is 0 Å². The van der Waals surface area contributed by atoms with E-state index in [1.165, 1.54) is 7.11 Å². The van der Waals surface area contributed by atoms with Gasteiger partial charge in [0.05, 0.1) is 17.7 Å². The van der Waals surface area contributed by atoms with Gasteiger partial charge in [-0.3, -0.25) is 10.1 Å². The highest BCUT2D eigenvalue weighted by atomic mass is 16.6. The normalized spacial score (nSPS) is 20.1. The van der Waals surface area contributed by atoms with Crippen molar-refractivity contribution in [3.8, 4) is 0 Å². The predicted molar refractivity (Wildman–Crippen MR) is 72.1 cm³/mol. The second-order valence-electron chi connectivity index (χ2n) is 4.60. The fraction of sp³-hybridized carbons (Fsp3) is 0.357. The fourth-order valence-electron chi connectivity index (χ4n) is 2.42. The van der Waals surface area contributed by atoms with Crippen molar-refractivity contribution in [1.29, 1.82) is 0 Å². The number of esters is 1. The van der Waals surface area contributed by atoms with Crippen LogP contribution >= 0.6 is 0 Å². The molecule has 0 N–H and O–H groups in total. The third-order valence-corrected chi connectivity index (χ3v) is 3.34. The SMILES string of the molecule is COC(=O)C1CCC(=C[N+](=O)[O-])N1Cc1ccccc1. The van der Waals surface area contributed by atoms with Crippen LogP contribution in [0.15, 0.2) is 42.2 Å². The Balaban J connectivity index is 2.24. The Labute approximate surface area is 116 Å². The zero-order valence-electron chi connectivity index (χ0n) is 11.2. The van der Waals surface area contributed by atoms with E-state index in [1.807, 2.05) is 30.3 Å². The third kappa shape index (κ3) is 3.14. The topological polar surface area (TPSA) is 72.7 Å². The fourth-order valence-corrected chi connectivity index (χ4v) is 2.42. The van der Waals surface area contributed by atoms with E-state index in [0.29, 0.717) is 25.1 Å². The Morgan fingerprint density at radius 3 is 2.80 bits per heavy atom. The summed E-state index contributed by atoms with van der Waals surface area (Å²) in [5.41, 5.74) is 1.56. The molecular weight excluding hydrogens is 260 g/mol. The predicted octanol–water partition coefficient (Wildman–Crippen LogP) is 1.94. The molecule has 20 heavy (non-hydrogen) atoms. The minimum Gasteiger partial charge on any atom is -0.467 e. The van der Waals surface area contributed by atoms with Crippen molar-refractivity contribution >= 4 is 5.97 Å². The number of likely N-dealkylation sites (tertiary alicyclic amines) is 1. The van der Waals surface area contributed by atoms with Crippen LogP contribution in [0.1, 0.15) is 18.4 Å². The molecule has 0 saturated carbocycles. The van der Waals surface area contributed by atoms with E-state index in [0.717, 1.165) is 11.8 Å². The summed E-state index contributed by atoms with van der Waals surface area (Å²) in [5.74, 6) is -0.354. The largest absolute Gasteiger partial charge is 0.467 e. The highest BCUT2D eigenvalue weighted by molar-refractivity contribution is 5.76. The van der Waals surface area contributed by atoms with Gasteiger partial charge in [-0.25, -0.2) is 4.79 Å². The summed E-state index contributed by atoms with van der Waals surface area (Å²) in [6, 6.07) is 9.10. The lowest BCUT2D eigenvalue weighted by Gasteiger charge is -2.25. The first-order valence-corrected chi connectivity index (χ1v) is 6.34. The van der Waals surface area contributed by atoms with E-state index in [9.17, 15) is 14.9 Å². The number of carbonyl (C=O) groups excluding carboxylic acids is 1. The molecule has 0 radical (unpaired) electrons. The summed E-state index contributed by atoms with van der Waals surface area (Å²) in [6.07, 6.45) is 2.03. The van der Waals surface area contributed by atoms with Gasteiger partial charge in [0.15, 0.2) is 0 Å². The summed E-state index contributed by atoms with van der Waals surface area (Å²) in [4.78, 5) is 23.7. The first-order valence-electron chi connectivity index (χ1n) is 6.34. The van der Waals surface area contributed by atoms with E-state index in [2.05, 4.69) is 0 Å². The third-order valence-electron chi connectivity index (χ3n) is 3.34. The van der Waals surface area contributed by atoms with Crippen LogP contribution in [0.25, 0.3) is 0 Å². The molecule has 1 unspecified atom stereocenters. The van der Waals surface area contributed by atoms with Crippen molar-refractivity contribution in [3.05, 3.63) is 57.9 Å². The van der Waals surface area contributed by atoms with Crippen molar-refractivity contribution in [3.63, 3.8) is 0 Å². The Hall–Kier alpha value is -2.37. The minimum atomic E-state index is -0.479. The second-order valence-corrected chi connectivity index (χ2v) is 4.60. The zero-order valence-corrected chi connectivity index (χ0v) is 11.2. The molecule has 1 aromatic carbocycles. The van der Waals surface area contributed by atoms with E-state index in [1.54, 1.807) is 4.90 Å². The molecular formula is C14H16N2O4. The maximum atomic E-state index is 11.8. The van der Waals surface area contributed by atoms with Crippen LogP contribution in [0.5, 0.6) is 0 Å². The van der Waals surface area contributed by atoms with Gasteiger partial charge < -0.3 is 9.64 Å². The molecule has 6 nitrogen and oxygen atoms in total. The maximum absolute atomic E-state index is 11.8. The zero-order chi connectivity index (χ0) is 14.5. The van der Waals surface area contributed by atoms with E-state index in [4.69, 9.17) is 4.74 Å². The average Bonchev–Trinajstić information content (AvgIpc) is 2.81. The van der Waals surface area contributed by atoms with Crippen LogP contribution < -0.4 is 0 Å². The summed E-state index contributed by atoms with van der Waals surface area (Å²) in [5, 5.41) is 10.7. The molecule has 2 rings (SSSR count). The van der Waals surface area contributed by atoms with Gasteiger partial charge in [0.1, 0.15) is 6.04 Å². The minimum absolute atomic E-state index is 0.354. The summed E-state index contributed by atoms with van der Waals surface area (Å²) >= 11 is 0. The van der Waals surface area contributed by atoms with Gasteiger partial charge >= 0.3 is 5.97 Å². The number of carbonyl (C=O) groups is 1. The van der Waals surface area contributed by atoms with Gasteiger partial charge in [-0.15, -0.1) is 0 Å². The van der Waals surface area contributed by atoms with Crippen molar-refractivity contribution < 1.29 is 14.5 Å². The molecule has 0 amide bonds. The molecule has 1 atom stereocenters. The summed E-state index contributed by atoms with van der Waals surface area (Å²) in [6.45, 7) is 0.459. The number of hydrogen-bond donors (Lipinski definition) is 0. The standard InChI is InChI=1S/C14H16N2O4/c1-20-14(17)13-8-7-12(10-16(18)19)15(13)9-11-5-3-2-4-6-11/h2-6,10,13H,7-9H2,1H3. The number of nitro groups is 1. The molecule has 1 aliphatic heterocycles. The number of benzene rings is 1. The molecule has 0 spiro atoms. The van der Waals surface area contributed by atoms with Gasteiger partial charge in [0, 0.05) is 6.54 Å². The van der Waals surface area contributed by atoms with Crippen molar-refractivity contribution in [2.75, 3.05) is 7.11 Å². The highest BCUT2D eigenvalue weighted by Gasteiger charge is 2.35. The second kappa shape index (κ2) is 6.18. The van der Waals surface area contributed by atoms with E-state index in [-0.39, 0.29) is 5.97 Å². The van der Waals surface area contributed by atoms with Crippen LogP contribution in [0.3, 0.4) is 0 Å². The Bertz CT molecular complexity index is 527. The molecule has 1 aliphatic rings. The molecule has 106 valence electrons. The monoisotopic (exact) mass is 276 g/mol. The average molecular weight is 276 g/mol. The Kier molecular flexibility index (Phi) is 4.34. The van der Waals surface area contributed by atoms with Crippen LogP contribution in [-0.2, 0) is 16.1 Å². The quantitative estimate of drug-likeness (QED) is 0.477. The molecule has 1 fully saturated rings. The lowest BCUT2D eigenvalue weighted by Crippen LogP contribution is -2.35. The molecule has 1 aromatic rings. The summed E-state index contributed by atoms with van der Waals surface area (Å²) < 4.78 is 4.78. The molecule has 0 aliphatic carbocycles. The first kappa shape index (κ1) is 14.0. The number of methoxy groups -OCH3 is 1. The molecule has 0 aromatic heterocycles. The van der Waals surface area contributed by atoms with Crippen LogP contribution in [0, 0.1) is 10.1 Å². The van der Waals surface area contributed by atoms with Crippen LogP contribution in [0.2, 0.25) is 0 Å². The highest BCUT2D eigenvalue weighted by Crippen LogP contribution is 2.30. The number of hydrogen-bond acceptors (Lipinski definition) is 5. The number of allylic oxidation sites excluding steroid dienone is 1. The van der Waals surface area contributed by atoms with Crippen molar-refractivity contribution in [2.24, 2.45) is 0 Å². The lowest BCUT2D eigenvalue weighted by molar-refractivity contribution is -0.404. The first-order chi connectivity index (χ1) is 9.61. The number of ether oxygens (including phenoxy) is 1. The molecule has 1 heterocycles. The number of rotatable bonds is 4. The number of nitrogens with zero attached hydrogens (tertiary/aromatic N) is 2. The Morgan fingerprint density at radius 1 is 1.50 bits per heavy atom. The van der Waals surface area contributed by atoms with Gasteiger partial charge in [-0.2, -0.15) is 0 Å². The smallest absolute Gasteiger partial charge is 0.328 e. The van der Waals surface area contributed by atoms with Crippen molar-refractivity contribution in [1.82, 2.24) is 4.90 Å². The van der Waals surface area contributed by atoms with E-state index >= 15 is 0 Å². The van der Waals surface area contributed by atoms with Gasteiger partial charge in [0.2, 0.25) is 0 Å². The van der Waals surface area contributed by atoms with Crippen molar-refractivity contribution in [2.45, 2.75) is 25.4 Å². The van der Waals surface area contributed by atoms with Gasteiger partial charge in [-0.1, -0.05) is 30.3 Å². The van der Waals surface area contributed by atoms with Gasteiger partial charge in [-0.05, 0) is 18.4 Å². The summed E-state index contributed by atoms with van der Waals surface area (Å²) in [7, 11) is 1.33. The van der Waals surface area contributed by atoms with E-state index < -0.39 is 11.0 Å². The van der Waals surface area contributed by atoms with Crippen LogP contribution in [-0.4, -0.2) is 28.9 Å². The Morgan fingerprint density at radius 2 is 2.20 bits per heavy atom. The molecule has 1 saturated heterocycles. The maximum Gasteiger partial charge on any atom is 0.328 e. The van der Waals surface area contributed by atoms with Gasteiger partial charge in [0.25, 0.3) is 6.20 Å². The molecule has 6 heteroatoms.